The highest BCUT2D eigenvalue weighted by molar-refractivity contribution is 8.07. The Hall–Kier alpha value is -1.78. The number of hydrogen-bond donors (Lipinski definition) is 0. The van der Waals surface area contributed by atoms with Gasteiger partial charge >= 0.3 is 11.2 Å². The van der Waals surface area contributed by atoms with Crippen molar-refractivity contribution >= 4 is 43.7 Å². The van der Waals surface area contributed by atoms with E-state index in [1.54, 1.807) is 13.0 Å². The number of aryl methyl sites for hydroxylation is 1. The summed E-state index contributed by atoms with van der Waals surface area (Å²) in [6, 6.07) is 3.10. The molecule has 1 atom stereocenters. The zero-order valence-electron chi connectivity index (χ0n) is 15.0. The van der Waals surface area contributed by atoms with Gasteiger partial charge in [0.25, 0.3) is 9.84 Å². The summed E-state index contributed by atoms with van der Waals surface area (Å²) < 4.78 is 30.5. The molecule has 1 aliphatic rings. The molecule has 2 aromatic rings. The normalized spacial score (nSPS) is 17.7. The number of thiophene rings is 1. The minimum absolute atomic E-state index is 0.00795. The molecule has 2 aromatic heterocycles. The van der Waals surface area contributed by atoms with Crippen LogP contribution in [-0.2, 0) is 19.4 Å². The van der Waals surface area contributed by atoms with E-state index in [9.17, 15) is 18.0 Å². The smallest absolute Gasteiger partial charge is 0.344 e. The Balaban J connectivity index is 1.77. The van der Waals surface area contributed by atoms with Crippen LogP contribution in [0.4, 0.5) is 4.79 Å². The minimum Gasteiger partial charge on any atom is -0.466 e. The van der Waals surface area contributed by atoms with Crippen LogP contribution in [0.5, 0.6) is 0 Å². The van der Waals surface area contributed by atoms with Gasteiger partial charge in [-0.25, -0.2) is 13.4 Å². The average Bonchev–Trinajstić information content (AvgIpc) is 3.30. The van der Waals surface area contributed by atoms with E-state index in [0.717, 1.165) is 16.3 Å². The van der Waals surface area contributed by atoms with Gasteiger partial charge < -0.3 is 9.64 Å². The van der Waals surface area contributed by atoms with Crippen molar-refractivity contribution in [3.05, 3.63) is 22.5 Å². The van der Waals surface area contributed by atoms with Crippen molar-refractivity contribution in [1.82, 2.24) is 9.88 Å². The van der Waals surface area contributed by atoms with E-state index in [0.29, 0.717) is 30.0 Å². The number of thiazole rings is 1. The third-order valence-corrected chi connectivity index (χ3v) is 8.21. The van der Waals surface area contributed by atoms with Crippen LogP contribution in [0.2, 0.25) is 0 Å². The predicted molar refractivity (Wildman–Crippen MR) is 104 cm³/mol. The van der Waals surface area contributed by atoms with Crippen LogP contribution in [0.1, 0.15) is 24.8 Å². The summed E-state index contributed by atoms with van der Waals surface area (Å²) in [5.74, 6) is -0.862. The number of carbonyl (C=O) groups excluding carboxylic acids is 2. The number of amides is 1. The maximum absolute atomic E-state index is 12.8. The molecule has 0 N–H and O–H groups in total. The van der Waals surface area contributed by atoms with Crippen molar-refractivity contribution in [2.75, 3.05) is 19.7 Å². The number of sulfone groups is 1. The summed E-state index contributed by atoms with van der Waals surface area (Å²) in [6.07, 6.45) is 1.16. The van der Waals surface area contributed by atoms with E-state index in [1.807, 2.05) is 12.3 Å². The van der Waals surface area contributed by atoms with Crippen molar-refractivity contribution in [1.29, 1.82) is 0 Å². The summed E-state index contributed by atoms with van der Waals surface area (Å²) in [6.45, 7) is 4.24. The molecule has 0 aliphatic carbocycles. The Bertz CT molecular complexity index is 947. The first-order valence-corrected chi connectivity index (χ1v) is 11.7. The standard InChI is InChI=1S/C17H20N2O5S3/c1-3-24-16(20)12-5-4-8-19(9-12)17(21)27(22,23)15-7-6-14(26-15)13-10-25-11(2)18-13/h6-7,10,12H,3-5,8-9H2,1-2H3/t12-/m1/s1. The molecule has 7 nitrogen and oxygen atoms in total. The predicted octanol–water partition coefficient (Wildman–Crippen LogP) is 3.35. The topological polar surface area (TPSA) is 93.6 Å². The van der Waals surface area contributed by atoms with Crippen molar-refractivity contribution in [2.45, 2.75) is 30.9 Å². The fourth-order valence-electron chi connectivity index (χ4n) is 2.93. The third kappa shape index (κ3) is 4.22. The first kappa shape index (κ1) is 20.0. The van der Waals surface area contributed by atoms with Crippen LogP contribution in [0.15, 0.2) is 21.7 Å². The van der Waals surface area contributed by atoms with E-state index < -0.39 is 21.0 Å². The highest BCUT2D eigenvalue weighted by Crippen LogP contribution is 2.33. The Morgan fingerprint density at radius 1 is 1.37 bits per heavy atom. The van der Waals surface area contributed by atoms with Crippen LogP contribution >= 0.6 is 22.7 Å². The van der Waals surface area contributed by atoms with Gasteiger partial charge in [0.15, 0.2) is 0 Å². The van der Waals surface area contributed by atoms with Gasteiger partial charge in [0.2, 0.25) is 0 Å². The Kier molecular flexibility index (Phi) is 5.97. The van der Waals surface area contributed by atoms with Crippen LogP contribution in [0, 0.1) is 12.8 Å². The van der Waals surface area contributed by atoms with E-state index in [-0.39, 0.29) is 23.3 Å². The van der Waals surface area contributed by atoms with Crippen LogP contribution in [0.3, 0.4) is 0 Å². The maximum atomic E-state index is 12.8. The Morgan fingerprint density at radius 3 is 2.81 bits per heavy atom. The molecule has 1 aliphatic heterocycles. The average molecular weight is 429 g/mol. The lowest BCUT2D eigenvalue weighted by molar-refractivity contribution is -0.149. The molecule has 0 aromatic carbocycles. The zero-order chi connectivity index (χ0) is 19.6. The van der Waals surface area contributed by atoms with E-state index >= 15 is 0 Å². The second kappa shape index (κ2) is 8.07. The molecule has 0 radical (unpaired) electrons. The molecule has 3 heterocycles. The number of nitrogens with zero attached hydrogens (tertiary/aromatic N) is 2. The summed E-state index contributed by atoms with van der Waals surface area (Å²) in [5.41, 5.74) is 0.705. The summed E-state index contributed by atoms with van der Waals surface area (Å²) in [4.78, 5) is 30.9. The fraction of sp³-hybridized carbons (Fsp3) is 0.471. The minimum atomic E-state index is -4.15. The molecule has 1 fully saturated rings. The molecule has 1 amide bonds. The molecule has 1 saturated heterocycles. The Morgan fingerprint density at radius 2 is 2.15 bits per heavy atom. The highest BCUT2D eigenvalue weighted by atomic mass is 32.2. The van der Waals surface area contributed by atoms with Gasteiger partial charge in [0.05, 0.1) is 28.1 Å². The SMILES string of the molecule is CCOC(=O)[C@@H]1CCCN(C(=O)S(=O)(=O)c2ccc(-c3csc(C)n3)s2)C1. The van der Waals surface area contributed by atoms with Gasteiger partial charge in [0.1, 0.15) is 4.21 Å². The molecule has 0 saturated carbocycles. The van der Waals surface area contributed by atoms with Gasteiger partial charge in [-0.05, 0) is 38.8 Å². The van der Waals surface area contributed by atoms with E-state index in [4.69, 9.17) is 4.74 Å². The fourth-order valence-corrected chi connectivity index (χ4v) is 6.16. The lowest BCUT2D eigenvalue weighted by Crippen LogP contribution is -2.44. The highest BCUT2D eigenvalue weighted by Gasteiger charge is 2.36. The van der Waals surface area contributed by atoms with Gasteiger partial charge in [-0.2, -0.15) is 0 Å². The number of hydrogen-bond acceptors (Lipinski definition) is 8. The summed E-state index contributed by atoms with van der Waals surface area (Å²) in [5, 5.41) is 1.78. The van der Waals surface area contributed by atoms with Crippen LogP contribution in [-0.4, -0.2) is 49.2 Å². The van der Waals surface area contributed by atoms with Gasteiger partial charge in [-0.3, -0.25) is 9.59 Å². The number of piperidine rings is 1. The number of ether oxygens (including phenoxy) is 1. The number of aromatic nitrogens is 1. The molecule has 0 bridgehead atoms. The number of rotatable bonds is 4. The molecular weight excluding hydrogens is 408 g/mol. The van der Waals surface area contributed by atoms with E-state index in [2.05, 4.69) is 4.98 Å². The molecular formula is C17H20N2O5S3. The van der Waals surface area contributed by atoms with Crippen LogP contribution < -0.4 is 0 Å². The second-order valence-corrected chi connectivity index (χ2v) is 10.4. The number of likely N-dealkylation sites (tertiary alicyclic amines) is 1. The van der Waals surface area contributed by atoms with Gasteiger partial charge in [-0.15, -0.1) is 22.7 Å². The van der Waals surface area contributed by atoms with Gasteiger partial charge in [-0.1, -0.05) is 0 Å². The Labute approximate surface area is 165 Å². The molecule has 146 valence electrons. The lowest BCUT2D eigenvalue weighted by Gasteiger charge is -2.30. The van der Waals surface area contributed by atoms with Crippen molar-refractivity contribution in [3.8, 4) is 10.6 Å². The first-order chi connectivity index (χ1) is 12.8. The summed E-state index contributed by atoms with van der Waals surface area (Å²) in [7, 11) is -4.15. The maximum Gasteiger partial charge on any atom is 0.344 e. The number of esters is 1. The largest absolute Gasteiger partial charge is 0.466 e. The molecule has 3 rings (SSSR count). The first-order valence-electron chi connectivity index (χ1n) is 8.56. The van der Waals surface area contributed by atoms with Crippen molar-refractivity contribution < 1.29 is 22.7 Å². The third-order valence-electron chi connectivity index (χ3n) is 4.25. The van der Waals surface area contributed by atoms with Crippen molar-refractivity contribution in [3.63, 3.8) is 0 Å². The van der Waals surface area contributed by atoms with Gasteiger partial charge in [0, 0.05) is 18.5 Å². The molecule has 10 heteroatoms. The number of carbonyl (C=O) groups is 2. The molecule has 0 spiro atoms. The van der Waals surface area contributed by atoms with E-state index in [1.165, 1.54) is 22.3 Å². The van der Waals surface area contributed by atoms with Crippen molar-refractivity contribution in [2.24, 2.45) is 5.92 Å². The zero-order valence-corrected chi connectivity index (χ0v) is 17.5. The quantitative estimate of drug-likeness (QED) is 0.693. The molecule has 27 heavy (non-hydrogen) atoms. The monoisotopic (exact) mass is 428 g/mol. The second-order valence-electron chi connectivity index (χ2n) is 6.18. The summed E-state index contributed by atoms with van der Waals surface area (Å²) >= 11 is 2.51. The lowest BCUT2D eigenvalue weighted by atomic mass is 9.99. The van der Waals surface area contributed by atoms with Crippen LogP contribution in [0.25, 0.3) is 10.6 Å². The molecule has 0 unspecified atom stereocenters.